The number of carbonyl (C=O) groups is 1. The Morgan fingerprint density at radius 2 is 1.89 bits per heavy atom. The number of nitrogens with zero attached hydrogens (tertiary/aromatic N) is 1. The maximum Gasteiger partial charge on any atom is 0.251 e. The van der Waals surface area contributed by atoms with Crippen LogP contribution in [0, 0.1) is 5.92 Å². The summed E-state index contributed by atoms with van der Waals surface area (Å²) in [6, 6.07) is 7.50. The van der Waals surface area contributed by atoms with Gasteiger partial charge in [-0.25, -0.2) is 8.42 Å². The van der Waals surface area contributed by atoms with Crippen LogP contribution in [0.15, 0.2) is 29.3 Å². The molecule has 1 aromatic carbocycles. The van der Waals surface area contributed by atoms with Gasteiger partial charge < -0.3 is 10.6 Å². The van der Waals surface area contributed by atoms with Crippen molar-refractivity contribution in [1.29, 1.82) is 0 Å². The summed E-state index contributed by atoms with van der Waals surface area (Å²) in [5.74, 6) is 0.862. The molecule has 146 valence electrons. The van der Waals surface area contributed by atoms with Gasteiger partial charge >= 0.3 is 0 Å². The number of hydrogen-bond acceptors (Lipinski definition) is 6. The molecule has 3 aliphatic rings. The van der Waals surface area contributed by atoms with Crippen LogP contribution in [0.4, 0.5) is 5.69 Å². The van der Waals surface area contributed by atoms with Crippen LogP contribution in [0.2, 0.25) is 0 Å². The third-order valence-electron chi connectivity index (χ3n) is 5.64. The number of amidine groups is 1. The molecule has 1 aliphatic carbocycles. The lowest BCUT2D eigenvalue weighted by Crippen LogP contribution is -2.41. The minimum atomic E-state index is -2.93. The van der Waals surface area contributed by atoms with Gasteiger partial charge in [-0.15, -0.1) is 0 Å². The highest BCUT2D eigenvalue weighted by Crippen LogP contribution is 2.34. The number of amides is 1. The predicted molar refractivity (Wildman–Crippen MR) is 110 cm³/mol. The van der Waals surface area contributed by atoms with Crippen molar-refractivity contribution in [2.24, 2.45) is 10.9 Å². The molecule has 4 rings (SSSR count). The number of thioether (sulfide) groups is 1. The SMILES string of the molecule is C[C@@H]1CCCC[C@@H]1NC(=O)c1ccc(NC2=N[C@@H]3CS(=O)(=O)C[C@@H]3S2)cc1. The quantitative estimate of drug-likeness (QED) is 0.804. The zero-order valence-corrected chi connectivity index (χ0v) is 17.0. The average molecular weight is 408 g/mol. The van der Waals surface area contributed by atoms with Gasteiger partial charge in [0.2, 0.25) is 0 Å². The molecule has 0 aromatic heterocycles. The molecule has 2 heterocycles. The van der Waals surface area contributed by atoms with Crippen LogP contribution in [0.5, 0.6) is 0 Å². The molecule has 0 spiro atoms. The molecule has 1 aromatic rings. The lowest BCUT2D eigenvalue weighted by atomic mass is 9.86. The Bertz CT molecular complexity index is 851. The standard InChI is InChI=1S/C19H25N3O3S2/c1-12-4-2-3-5-15(12)21-18(23)13-6-8-14(9-7-13)20-19-22-16-10-27(24,25)11-17(16)26-19/h6-9,12,15-17H,2-5,10-11H2,1H3,(H,20,22)(H,21,23)/t12-,15+,16-,17+/m1/s1. The van der Waals surface area contributed by atoms with E-state index in [4.69, 9.17) is 0 Å². The van der Waals surface area contributed by atoms with Gasteiger partial charge in [-0.3, -0.25) is 9.79 Å². The number of carbonyl (C=O) groups excluding carboxylic acids is 1. The van der Waals surface area contributed by atoms with E-state index in [1.165, 1.54) is 31.0 Å². The summed E-state index contributed by atoms with van der Waals surface area (Å²) in [5, 5.41) is 7.19. The van der Waals surface area contributed by atoms with Crippen LogP contribution >= 0.6 is 11.8 Å². The first-order valence-electron chi connectivity index (χ1n) is 9.52. The van der Waals surface area contributed by atoms with E-state index in [9.17, 15) is 13.2 Å². The molecule has 2 fully saturated rings. The van der Waals surface area contributed by atoms with Gasteiger partial charge in [0.05, 0.1) is 17.5 Å². The highest BCUT2D eigenvalue weighted by atomic mass is 32.2. The number of sulfone groups is 1. The van der Waals surface area contributed by atoms with Crippen LogP contribution in [-0.2, 0) is 9.84 Å². The molecule has 2 N–H and O–H groups in total. The van der Waals surface area contributed by atoms with Gasteiger partial charge in [0.25, 0.3) is 5.91 Å². The van der Waals surface area contributed by atoms with Gasteiger partial charge in [0.15, 0.2) is 15.0 Å². The third kappa shape index (κ3) is 4.32. The van der Waals surface area contributed by atoms with E-state index < -0.39 is 9.84 Å². The number of aliphatic imine (C=N–C) groups is 1. The molecule has 1 amide bonds. The number of nitrogens with one attached hydrogen (secondary N) is 2. The summed E-state index contributed by atoms with van der Waals surface area (Å²) in [4.78, 5) is 17.0. The van der Waals surface area contributed by atoms with Crippen LogP contribution < -0.4 is 10.6 Å². The molecule has 0 radical (unpaired) electrons. The van der Waals surface area contributed by atoms with Crippen molar-refractivity contribution in [2.75, 3.05) is 16.8 Å². The molecule has 6 nitrogen and oxygen atoms in total. The fourth-order valence-electron chi connectivity index (χ4n) is 4.03. The number of benzene rings is 1. The van der Waals surface area contributed by atoms with Crippen molar-refractivity contribution in [2.45, 2.75) is 49.9 Å². The second kappa shape index (κ2) is 7.47. The summed E-state index contributed by atoms with van der Waals surface area (Å²) >= 11 is 1.49. The third-order valence-corrected chi connectivity index (χ3v) is 8.79. The van der Waals surface area contributed by atoms with Crippen molar-refractivity contribution < 1.29 is 13.2 Å². The Hall–Kier alpha value is -1.54. The first kappa shape index (κ1) is 18.8. The van der Waals surface area contributed by atoms with Gasteiger partial charge in [-0.2, -0.15) is 0 Å². The van der Waals surface area contributed by atoms with E-state index in [1.54, 1.807) is 0 Å². The topological polar surface area (TPSA) is 87.6 Å². The molecule has 0 bridgehead atoms. The number of rotatable bonds is 3. The molecule has 27 heavy (non-hydrogen) atoms. The van der Waals surface area contributed by atoms with Gasteiger partial charge in [0.1, 0.15) is 0 Å². The van der Waals surface area contributed by atoms with E-state index in [2.05, 4.69) is 22.5 Å². The van der Waals surface area contributed by atoms with Crippen molar-refractivity contribution in [3.63, 3.8) is 0 Å². The number of fused-ring (bicyclic) bond motifs is 1. The zero-order valence-electron chi connectivity index (χ0n) is 15.3. The Labute approximate surface area is 164 Å². The van der Waals surface area contributed by atoms with Gasteiger partial charge in [-0.1, -0.05) is 31.5 Å². The fourth-order valence-corrected chi connectivity index (χ4v) is 7.70. The van der Waals surface area contributed by atoms with Gasteiger partial charge in [0, 0.05) is 22.5 Å². The number of anilines is 1. The molecule has 0 unspecified atom stereocenters. The van der Waals surface area contributed by atoms with Crippen molar-refractivity contribution in [3.05, 3.63) is 29.8 Å². The Kier molecular flexibility index (Phi) is 5.20. The van der Waals surface area contributed by atoms with E-state index in [0.717, 1.165) is 17.3 Å². The lowest BCUT2D eigenvalue weighted by Gasteiger charge is -2.29. The molecular formula is C19H25N3O3S2. The van der Waals surface area contributed by atoms with E-state index >= 15 is 0 Å². The minimum Gasteiger partial charge on any atom is -0.349 e. The fraction of sp³-hybridized carbons (Fsp3) is 0.579. The summed E-state index contributed by atoms with van der Waals surface area (Å²) in [6.45, 7) is 2.21. The highest BCUT2D eigenvalue weighted by Gasteiger charge is 2.42. The van der Waals surface area contributed by atoms with E-state index in [1.807, 2.05) is 24.3 Å². The number of hydrogen-bond donors (Lipinski definition) is 2. The second-order valence-corrected chi connectivity index (χ2v) is 11.2. The molecule has 1 saturated heterocycles. The largest absolute Gasteiger partial charge is 0.349 e. The molecule has 1 saturated carbocycles. The van der Waals surface area contributed by atoms with Crippen molar-refractivity contribution >= 4 is 38.4 Å². The summed E-state index contributed by atoms with van der Waals surface area (Å²) < 4.78 is 23.3. The van der Waals surface area contributed by atoms with Gasteiger partial charge in [-0.05, 0) is 43.0 Å². The smallest absolute Gasteiger partial charge is 0.251 e. The molecule has 2 aliphatic heterocycles. The molecule has 8 heteroatoms. The summed E-state index contributed by atoms with van der Waals surface area (Å²) in [6.07, 6.45) is 4.67. The Balaban J connectivity index is 1.35. The van der Waals surface area contributed by atoms with Crippen LogP contribution in [-0.4, -0.2) is 48.3 Å². The van der Waals surface area contributed by atoms with Crippen LogP contribution in [0.1, 0.15) is 43.0 Å². The van der Waals surface area contributed by atoms with Crippen molar-refractivity contribution in [3.8, 4) is 0 Å². The maximum atomic E-state index is 12.5. The monoisotopic (exact) mass is 407 g/mol. The van der Waals surface area contributed by atoms with Crippen LogP contribution in [0.25, 0.3) is 0 Å². The minimum absolute atomic E-state index is 0.0207. The second-order valence-electron chi connectivity index (χ2n) is 7.78. The van der Waals surface area contributed by atoms with E-state index in [-0.39, 0.29) is 34.7 Å². The maximum absolute atomic E-state index is 12.5. The first-order valence-corrected chi connectivity index (χ1v) is 12.2. The molecule has 4 atom stereocenters. The van der Waals surface area contributed by atoms with Crippen LogP contribution in [0.3, 0.4) is 0 Å². The Morgan fingerprint density at radius 3 is 2.59 bits per heavy atom. The Morgan fingerprint density at radius 1 is 1.15 bits per heavy atom. The average Bonchev–Trinajstić information content (AvgIpc) is 3.10. The van der Waals surface area contributed by atoms with Crippen molar-refractivity contribution in [1.82, 2.24) is 5.32 Å². The first-order chi connectivity index (χ1) is 12.9. The summed E-state index contributed by atoms with van der Waals surface area (Å²) in [7, 11) is -2.93. The normalized spacial score (nSPS) is 31.8. The summed E-state index contributed by atoms with van der Waals surface area (Å²) in [5.41, 5.74) is 1.51. The highest BCUT2D eigenvalue weighted by molar-refractivity contribution is 8.15. The van der Waals surface area contributed by atoms with E-state index in [0.29, 0.717) is 11.5 Å². The molecular weight excluding hydrogens is 382 g/mol. The zero-order chi connectivity index (χ0) is 19.0. The lowest BCUT2D eigenvalue weighted by molar-refractivity contribution is 0.0910. The predicted octanol–water partition coefficient (Wildman–Crippen LogP) is 2.68.